The summed E-state index contributed by atoms with van der Waals surface area (Å²) in [6.45, 7) is 5.22. The molecule has 2 aromatic carbocycles. The van der Waals surface area contributed by atoms with Gasteiger partial charge in [-0.3, -0.25) is 9.20 Å². The summed E-state index contributed by atoms with van der Waals surface area (Å²) in [5, 5.41) is 5.13. The van der Waals surface area contributed by atoms with Gasteiger partial charge in [0.15, 0.2) is 16.5 Å². The maximum atomic E-state index is 13.2. The Morgan fingerprint density at radius 1 is 1.15 bits per heavy atom. The van der Waals surface area contributed by atoms with E-state index in [-0.39, 0.29) is 30.1 Å². The first kappa shape index (κ1) is 21.5. The van der Waals surface area contributed by atoms with E-state index < -0.39 is 0 Å². The molecule has 5 rings (SSSR count). The molecule has 1 atom stereocenters. The Kier molecular flexibility index (Phi) is 5.76. The third kappa shape index (κ3) is 4.43. The van der Waals surface area contributed by atoms with Crippen LogP contribution in [0.2, 0.25) is 0 Å². The van der Waals surface area contributed by atoms with Crippen molar-refractivity contribution in [1.82, 2.24) is 14.7 Å². The number of thiazole rings is 1. The monoisotopic (exact) mass is 465 g/mol. The predicted octanol–water partition coefficient (Wildman–Crippen LogP) is 5.03. The van der Waals surface area contributed by atoms with Gasteiger partial charge < -0.3 is 14.8 Å². The molecular formula is C25H24FN3O3S. The molecule has 0 radical (unpaired) electrons. The van der Waals surface area contributed by atoms with Crippen LogP contribution in [0.4, 0.5) is 4.39 Å². The number of amides is 1. The first-order chi connectivity index (χ1) is 16.0. The second-order valence-electron chi connectivity index (χ2n) is 8.38. The van der Waals surface area contributed by atoms with Crippen LogP contribution in [0, 0.1) is 11.7 Å². The second-order valence-corrected chi connectivity index (χ2v) is 9.22. The van der Waals surface area contributed by atoms with Crippen LogP contribution in [-0.4, -0.2) is 28.5 Å². The molecule has 0 spiro atoms. The fourth-order valence-electron chi connectivity index (χ4n) is 3.99. The highest BCUT2D eigenvalue weighted by molar-refractivity contribution is 7.15. The Bertz CT molecular complexity index is 1300. The minimum atomic E-state index is -0.283. The molecule has 170 valence electrons. The fourth-order valence-corrected chi connectivity index (χ4v) is 4.87. The SMILES string of the molecule is CC(C)[C@@H](NC(=O)Cc1csc2nc(-c3ccc(F)cc3)cn12)c1ccc2c(c1)OCCO2. The van der Waals surface area contributed by atoms with Gasteiger partial charge in [-0.2, -0.15) is 0 Å². The van der Waals surface area contributed by atoms with Crippen molar-refractivity contribution in [3.8, 4) is 22.8 Å². The maximum absolute atomic E-state index is 13.2. The maximum Gasteiger partial charge on any atom is 0.226 e. The number of nitrogens with zero attached hydrogens (tertiary/aromatic N) is 2. The number of rotatable bonds is 6. The summed E-state index contributed by atoms with van der Waals surface area (Å²) >= 11 is 1.48. The second kappa shape index (κ2) is 8.86. The number of benzene rings is 2. The smallest absolute Gasteiger partial charge is 0.226 e. The number of carbonyl (C=O) groups excluding carboxylic acids is 1. The van der Waals surface area contributed by atoms with Crippen molar-refractivity contribution in [3.05, 3.63) is 71.1 Å². The molecule has 0 aliphatic carbocycles. The molecule has 4 aromatic rings. The Morgan fingerprint density at radius 2 is 1.91 bits per heavy atom. The van der Waals surface area contributed by atoms with Crippen molar-refractivity contribution < 1.29 is 18.7 Å². The number of hydrogen-bond donors (Lipinski definition) is 1. The van der Waals surface area contributed by atoms with Crippen molar-refractivity contribution in [2.45, 2.75) is 26.3 Å². The van der Waals surface area contributed by atoms with Crippen LogP contribution < -0.4 is 14.8 Å². The van der Waals surface area contributed by atoms with Crippen LogP contribution in [-0.2, 0) is 11.2 Å². The van der Waals surface area contributed by atoms with Gasteiger partial charge in [0.1, 0.15) is 19.0 Å². The Morgan fingerprint density at radius 3 is 2.67 bits per heavy atom. The highest BCUT2D eigenvalue weighted by Gasteiger charge is 2.22. The number of imidazole rings is 1. The van der Waals surface area contributed by atoms with Crippen molar-refractivity contribution in [3.63, 3.8) is 0 Å². The molecule has 1 aliphatic heterocycles. The summed E-state index contributed by atoms with van der Waals surface area (Å²) in [7, 11) is 0. The van der Waals surface area contributed by atoms with E-state index in [0.29, 0.717) is 19.0 Å². The van der Waals surface area contributed by atoms with Gasteiger partial charge in [-0.25, -0.2) is 9.37 Å². The molecule has 33 heavy (non-hydrogen) atoms. The number of fused-ring (bicyclic) bond motifs is 2. The molecule has 0 unspecified atom stereocenters. The van der Waals surface area contributed by atoms with Gasteiger partial charge in [-0.15, -0.1) is 11.3 Å². The van der Waals surface area contributed by atoms with Crippen LogP contribution in [0.15, 0.2) is 54.0 Å². The summed E-state index contributed by atoms with van der Waals surface area (Å²) < 4.78 is 26.5. The molecule has 0 saturated heterocycles. The van der Waals surface area contributed by atoms with Crippen molar-refractivity contribution in [2.75, 3.05) is 13.2 Å². The normalized spacial score (nSPS) is 13.9. The van der Waals surface area contributed by atoms with E-state index in [0.717, 1.165) is 33.2 Å². The number of aromatic nitrogens is 2. The van der Waals surface area contributed by atoms with E-state index in [1.165, 1.54) is 23.5 Å². The number of halogens is 1. The van der Waals surface area contributed by atoms with Gasteiger partial charge in [0, 0.05) is 22.8 Å². The summed E-state index contributed by atoms with van der Waals surface area (Å²) in [5.41, 5.74) is 3.43. The Balaban J connectivity index is 1.33. The molecule has 8 heteroatoms. The average Bonchev–Trinajstić information content (AvgIpc) is 3.39. The van der Waals surface area contributed by atoms with Crippen LogP contribution in [0.1, 0.15) is 31.1 Å². The number of ether oxygens (including phenoxy) is 2. The van der Waals surface area contributed by atoms with Gasteiger partial charge in [0.25, 0.3) is 0 Å². The number of hydrogen-bond acceptors (Lipinski definition) is 5. The summed E-state index contributed by atoms with van der Waals surface area (Å²) in [6.07, 6.45) is 2.12. The zero-order valence-electron chi connectivity index (χ0n) is 18.4. The third-order valence-electron chi connectivity index (χ3n) is 5.67. The molecule has 3 heterocycles. The first-order valence-corrected chi connectivity index (χ1v) is 11.8. The van der Waals surface area contributed by atoms with Gasteiger partial charge >= 0.3 is 0 Å². The van der Waals surface area contributed by atoms with Gasteiger partial charge in [0.2, 0.25) is 5.91 Å². The third-order valence-corrected chi connectivity index (χ3v) is 6.56. The highest BCUT2D eigenvalue weighted by Crippen LogP contribution is 2.34. The molecule has 0 bridgehead atoms. The highest BCUT2D eigenvalue weighted by atomic mass is 32.1. The van der Waals surface area contributed by atoms with Crippen LogP contribution in [0.25, 0.3) is 16.2 Å². The first-order valence-electron chi connectivity index (χ1n) is 10.9. The van der Waals surface area contributed by atoms with Gasteiger partial charge in [0.05, 0.1) is 18.2 Å². The minimum Gasteiger partial charge on any atom is -0.486 e. The van der Waals surface area contributed by atoms with Crippen LogP contribution in [0.5, 0.6) is 11.5 Å². The fraction of sp³-hybridized carbons (Fsp3) is 0.280. The lowest BCUT2D eigenvalue weighted by atomic mass is 9.95. The number of carbonyl (C=O) groups is 1. The molecule has 6 nitrogen and oxygen atoms in total. The van der Waals surface area contributed by atoms with E-state index in [9.17, 15) is 9.18 Å². The predicted molar refractivity (Wildman–Crippen MR) is 125 cm³/mol. The largest absolute Gasteiger partial charge is 0.486 e. The van der Waals surface area contributed by atoms with E-state index in [4.69, 9.17) is 9.47 Å². The lowest BCUT2D eigenvalue weighted by Crippen LogP contribution is -2.33. The summed E-state index contributed by atoms with van der Waals surface area (Å²) in [5.74, 6) is 1.29. The quantitative estimate of drug-likeness (QED) is 0.434. The topological polar surface area (TPSA) is 64.9 Å². The van der Waals surface area contributed by atoms with E-state index in [1.807, 2.05) is 34.2 Å². The standard InChI is InChI=1S/C25H24FN3O3S/c1-15(2)24(17-5-8-21-22(11-17)32-10-9-31-21)28-23(30)12-19-14-33-25-27-20(13-29(19)25)16-3-6-18(26)7-4-16/h3-8,11,13-15,24H,9-10,12H2,1-2H3,(H,28,30)/t24-/m1/s1. The van der Waals surface area contributed by atoms with E-state index in [2.05, 4.69) is 24.1 Å². The van der Waals surface area contributed by atoms with E-state index >= 15 is 0 Å². The van der Waals surface area contributed by atoms with Gasteiger partial charge in [-0.1, -0.05) is 19.9 Å². The minimum absolute atomic E-state index is 0.0691. The lowest BCUT2D eigenvalue weighted by molar-refractivity contribution is -0.121. The Hall–Kier alpha value is -3.39. The lowest BCUT2D eigenvalue weighted by Gasteiger charge is -2.25. The zero-order chi connectivity index (χ0) is 22.9. The molecule has 0 fully saturated rings. The Labute approximate surface area is 195 Å². The van der Waals surface area contributed by atoms with Crippen molar-refractivity contribution in [1.29, 1.82) is 0 Å². The molecule has 0 saturated carbocycles. The van der Waals surface area contributed by atoms with Crippen molar-refractivity contribution >= 4 is 22.2 Å². The summed E-state index contributed by atoms with van der Waals surface area (Å²) in [6, 6.07) is 11.9. The van der Waals surface area contributed by atoms with E-state index in [1.54, 1.807) is 12.1 Å². The van der Waals surface area contributed by atoms with Crippen molar-refractivity contribution in [2.24, 2.45) is 5.92 Å². The van der Waals surface area contributed by atoms with Gasteiger partial charge in [-0.05, 0) is 47.9 Å². The van der Waals surface area contributed by atoms with Crippen LogP contribution >= 0.6 is 11.3 Å². The molecule has 1 amide bonds. The average molecular weight is 466 g/mol. The molecular weight excluding hydrogens is 441 g/mol. The van der Waals surface area contributed by atoms with Crippen LogP contribution in [0.3, 0.4) is 0 Å². The molecule has 1 aliphatic rings. The zero-order valence-corrected chi connectivity index (χ0v) is 19.2. The summed E-state index contributed by atoms with van der Waals surface area (Å²) in [4.78, 5) is 18.4. The molecule has 2 aromatic heterocycles. The number of nitrogens with one attached hydrogen (secondary N) is 1. The molecule has 1 N–H and O–H groups in total.